The van der Waals surface area contributed by atoms with Crippen LogP contribution in [0.25, 0.3) is 10.8 Å². The molecule has 0 aliphatic rings. The fourth-order valence-electron chi connectivity index (χ4n) is 1.08. The van der Waals surface area contributed by atoms with E-state index in [1.165, 1.54) is 23.1 Å². The van der Waals surface area contributed by atoms with Crippen molar-refractivity contribution >= 4 is 29.1 Å². The average Bonchev–Trinajstić information content (AvgIpc) is 2.95. The number of carboxylic acid groups (broad SMARTS) is 1. The van der Waals surface area contributed by atoms with Crippen molar-refractivity contribution < 1.29 is 14.4 Å². The molecule has 2 aromatic heterocycles. The van der Waals surface area contributed by atoms with Crippen LogP contribution < -0.4 is 0 Å². The van der Waals surface area contributed by atoms with Crippen LogP contribution in [0.3, 0.4) is 0 Å². The van der Waals surface area contributed by atoms with E-state index < -0.39 is 11.2 Å². The van der Waals surface area contributed by atoms with E-state index in [9.17, 15) is 4.79 Å². The smallest absolute Gasteiger partial charge is 0.316 e. The van der Waals surface area contributed by atoms with Crippen LogP contribution in [0, 0.1) is 0 Å². The SMILES string of the molecule is CC(SCc1noc(-c2cccs2)n1)C(=O)O. The molecule has 1 atom stereocenters. The number of hydrogen-bond acceptors (Lipinski definition) is 6. The highest BCUT2D eigenvalue weighted by molar-refractivity contribution is 7.99. The van der Waals surface area contributed by atoms with Crippen molar-refractivity contribution in [3.63, 3.8) is 0 Å². The highest BCUT2D eigenvalue weighted by atomic mass is 32.2. The molecule has 0 aliphatic carbocycles. The van der Waals surface area contributed by atoms with Crippen LogP contribution in [0.4, 0.5) is 0 Å². The Morgan fingerprint density at radius 2 is 2.53 bits per heavy atom. The zero-order valence-corrected chi connectivity index (χ0v) is 10.6. The minimum atomic E-state index is -0.836. The molecule has 0 aromatic carbocycles. The molecule has 90 valence electrons. The van der Waals surface area contributed by atoms with E-state index in [2.05, 4.69) is 10.1 Å². The van der Waals surface area contributed by atoms with Gasteiger partial charge in [-0.25, -0.2) is 0 Å². The van der Waals surface area contributed by atoms with E-state index in [0.717, 1.165) is 4.88 Å². The monoisotopic (exact) mass is 270 g/mol. The summed E-state index contributed by atoms with van der Waals surface area (Å²) in [6, 6.07) is 3.81. The normalized spacial score (nSPS) is 12.5. The summed E-state index contributed by atoms with van der Waals surface area (Å²) in [6.07, 6.45) is 0. The Labute approximate surface area is 106 Å². The quantitative estimate of drug-likeness (QED) is 0.899. The molecule has 17 heavy (non-hydrogen) atoms. The Bertz CT molecular complexity index is 495. The van der Waals surface area contributed by atoms with E-state index >= 15 is 0 Å². The van der Waals surface area contributed by atoms with Crippen LogP contribution in [0.2, 0.25) is 0 Å². The maximum atomic E-state index is 10.6. The first kappa shape index (κ1) is 12.1. The number of hydrogen-bond donors (Lipinski definition) is 1. The van der Waals surface area contributed by atoms with Gasteiger partial charge in [0.05, 0.1) is 15.9 Å². The number of aromatic nitrogens is 2. The molecule has 2 heterocycles. The van der Waals surface area contributed by atoms with Crippen LogP contribution in [0.5, 0.6) is 0 Å². The standard InChI is InChI=1S/C10H10N2O3S2/c1-6(10(13)14)17-5-8-11-9(15-12-8)7-3-2-4-16-7/h2-4,6H,5H2,1H3,(H,13,14). The van der Waals surface area contributed by atoms with E-state index in [4.69, 9.17) is 9.63 Å². The average molecular weight is 270 g/mol. The summed E-state index contributed by atoms with van der Waals surface area (Å²) in [4.78, 5) is 15.7. The summed E-state index contributed by atoms with van der Waals surface area (Å²) < 4.78 is 5.09. The molecule has 5 nitrogen and oxygen atoms in total. The van der Waals surface area contributed by atoms with Crippen molar-refractivity contribution in [2.45, 2.75) is 17.9 Å². The van der Waals surface area contributed by atoms with E-state index in [-0.39, 0.29) is 0 Å². The van der Waals surface area contributed by atoms with E-state index in [1.807, 2.05) is 17.5 Å². The summed E-state index contributed by atoms with van der Waals surface area (Å²) in [5.74, 6) is 0.601. The molecule has 0 saturated carbocycles. The second kappa shape index (κ2) is 5.33. The highest BCUT2D eigenvalue weighted by Gasteiger charge is 2.14. The molecule has 0 saturated heterocycles. The predicted molar refractivity (Wildman–Crippen MR) is 66.0 cm³/mol. The molecule has 7 heteroatoms. The van der Waals surface area contributed by atoms with Gasteiger partial charge in [-0.1, -0.05) is 11.2 Å². The molecule has 0 spiro atoms. The van der Waals surface area contributed by atoms with Crippen molar-refractivity contribution in [1.82, 2.24) is 10.1 Å². The van der Waals surface area contributed by atoms with Gasteiger partial charge in [0.25, 0.3) is 5.89 Å². The lowest BCUT2D eigenvalue weighted by atomic mass is 10.5. The number of carbonyl (C=O) groups is 1. The van der Waals surface area contributed by atoms with Crippen LogP contribution in [0.15, 0.2) is 22.0 Å². The molecule has 2 aromatic rings. The molecule has 0 aliphatic heterocycles. The van der Waals surface area contributed by atoms with Crippen LogP contribution in [0.1, 0.15) is 12.7 Å². The van der Waals surface area contributed by atoms with E-state index in [1.54, 1.807) is 6.92 Å². The van der Waals surface area contributed by atoms with Gasteiger partial charge in [-0.2, -0.15) is 4.98 Å². The number of thiophene rings is 1. The number of carboxylic acids is 1. The number of nitrogens with zero attached hydrogens (tertiary/aromatic N) is 2. The van der Waals surface area contributed by atoms with Gasteiger partial charge in [-0.15, -0.1) is 23.1 Å². The van der Waals surface area contributed by atoms with Crippen molar-refractivity contribution in [3.05, 3.63) is 23.3 Å². The lowest BCUT2D eigenvalue weighted by Crippen LogP contribution is -2.11. The van der Waals surface area contributed by atoms with E-state index in [0.29, 0.717) is 17.5 Å². The van der Waals surface area contributed by atoms with Gasteiger partial charge in [0.1, 0.15) is 0 Å². The minimum absolute atomic E-state index is 0.433. The lowest BCUT2D eigenvalue weighted by molar-refractivity contribution is -0.136. The molecule has 0 amide bonds. The van der Waals surface area contributed by atoms with Gasteiger partial charge in [0.15, 0.2) is 5.82 Å². The van der Waals surface area contributed by atoms with Gasteiger partial charge < -0.3 is 9.63 Å². The molecule has 0 fully saturated rings. The first-order valence-electron chi connectivity index (χ1n) is 4.87. The van der Waals surface area contributed by atoms with Crippen molar-refractivity contribution in [1.29, 1.82) is 0 Å². The van der Waals surface area contributed by atoms with Gasteiger partial charge in [0.2, 0.25) is 0 Å². The number of aliphatic carboxylic acids is 1. The third kappa shape index (κ3) is 3.07. The Morgan fingerprint density at radius 1 is 1.71 bits per heavy atom. The maximum absolute atomic E-state index is 10.6. The van der Waals surface area contributed by atoms with Gasteiger partial charge in [0, 0.05) is 0 Å². The summed E-state index contributed by atoms with van der Waals surface area (Å²) in [5, 5.41) is 14.0. The van der Waals surface area contributed by atoms with Crippen LogP contribution >= 0.6 is 23.1 Å². The number of thioether (sulfide) groups is 1. The molecule has 0 radical (unpaired) electrons. The third-order valence-electron chi connectivity index (χ3n) is 2.01. The fraction of sp³-hybridized carbons (Fsp3) is 0.300. The lowest BCUT2D eigenvalue weighted by Gasteiger charge is -2.01. The molecule has 0 bridgehead atoms. The Balaban J connectivity index is 1.97. The summed E-state index contributed by atoms with van der Waals surface area (Å²) >= 11 is 2.79. The maximum Gasteiger partial charge on any atom is 0.316 e. The van der Waals surface area contributed by atoms with Gasteiger partial charge in [-0.3, -0.25) is 4.79 Å². The zero-order valence-electron chi connectivity index (χ0n) is 8.99. The first-order chi connectivity index (χ1) is 8.16. The minimum Gasteiger partial charge on any atom is -0.480 e. The van der Waals surface area contributed by atoms with Crippen molar-refractivity contribution in [2.75, 3.05) is 0 Å². The molecule has 1 N–H and O–H groups in total. The Hall–Kier alpha value is -1.34. The van der Waals surface area contributed by atoms with Crippen molar-refractivity contribution in [3.8, 4) is 10.8 Å². The highest BCUT2D eigenvalue weighted by Crippen LogP contribution is 2.24. The second-order valence-corrected chi connectivity index (χ2v) is 5.56. The van der Waals surface area contributed by atoms with Gasteiger partial charge >= 0.3 is 5.97 Å². The predicted octanol–water partition coefficient (Wildman–Crippen LogP) is 2.50. The fourth-order valence-corrected chi connectivity index (χ4v) is 2.39. The second-order valence-electron chi connectivity index (χ2n) is 3.28. The topological polar surface area (TPSA) is 76.2 Å². The molecule has 1 unspecified atom stereocenters. The molecular formula is C10H10N2O3S2. The zero-order chi connectivity index (χ0) is 12.3. The first-order valence-corrected chi connectivity index (χ1v) is 6.80. The molecular weight excluding hydrogens is 260 g/mol. The van der Waals surface area contributed by atoms with Crippen molar-refractivity contribution in [2.24, 2.45) is 0 Å². The van der Waals surface area contributed by atoms with Crippen LogP contribution in [-0.2, 0) is 10.5 Å². The Kier molecular flexibility index (Phi) is 3.80. The largest absolute Gasteiger partial charge is 0.480 e. The summed E-state index contributed by atoms with van der Waals surface area (Å²) in [6.45, 7) is 1.63. The summed E-state index contributed by atoms with van der Waals surface area (Å²) in [7, 11) is 0. The third-order valence-corrected chi connectivity index (χ3v) is 3.99. The Morgan fingerprint density at radius 3 is 3.18 bits per heavy atom. The molecule has 2 rings (SSSR count). The van der Waals surface area contributed by atoms with Gasteiger partial charge in [-0.05, 0) is 18.4 Å². The number of rotatable bonds is 5. The summed E-state index contributed by atoms with van der Waals surface area (Å²) in [5.41, 5.74) is 0. The van der Waals surface area contributed by atoms with Crippen LogP contribution in [-0.4, -0.2) is 26.5 Å².